The van der Waals surface area contributed by atoms with Crippen molar-refractivity contribution in [1.29, 1.82) is 0 Å². The van der Waals surface area contributed by atoms with Gasteiger partial charge in [-0.05, 0) is 81.7 Å². The summed E-state index contributed by atoms with van der Waals surface area (Å²) in [6.07, 6.45) is 12.9. The number of fused-ring (bicyclic) bond motifs is 4. The first-order chi connectivity index (χ1) is 19.4. The third kappa shape index (κ3) is 2.87. The summed E-state index contributed by atoms with van der Waals surface area (Å²) in [5, 5.41) is 2.68. The first kappa shape index (κ1) is 21.2. The van der Waals surface area contributed by atoms with E-state index in [1.807, 2.05) is 6.21 Å². The number of aryl methyl sites for hydroxylation is 1. The minimum absolute atomic E-state index is 0.137. The van der Waals surface area contributed by atoms with Crippen molar-refractivity contribution in [3.63, 3.8) is 0 Å². The molecule has 0 spiro atoms. The van der Waals surface area contributed by atoms with E-state index in [0.29, 0.717) is 0 Å². The Morgan fingerprint density at radius 3 is 2.49 bits per heavy atom. The van der Waals surface area contributed by atoms with Crippen molar-refractivity contribution < 1.29 is 0 Å². The van der Waals surface area contributed by atoms with Crippen LogP contribution in [0.25, 0.3) is 44.1 Å². The molecule has 5 aromatic rings. The Morgan fingerprint density at radius 2 is 1.56 bits per heavy atom. The Balaban J connectivity index is 1.40. The third-order valence-corrected chi connectivity index (χ3v) is 8.79. The van der Waals surface area contributed by atoms with E-state index in [0.717, 1.165) is 18.7 Å². The molecule has 0 saturated carbocycles. The first-order valence-corrected chi connectivity index (χ1v) is 13.8. The number of aliphatic imine (C=N–C) groups is 2. The molecule has 2 aliphatic heterocycles. The SMILES string of the molecule is C1=CC2C(c3ccccc3)=CC(n3c4cccc5c4c4c6c(ccc43)CCC=C6c3ccccc3-5)=NC2N=C1. The molecule has 184 valence electrons. The molecule has 3 heterocycles. The summed E-state index contributed by atoms with van der Waals surface area (Å²) < 4.78 is 2.39. The molecule has 2 atom stereocenters. The van der Waals surface area contributed by atoms with Crippen molar-refractivity contribution in [2.24, 2.45) is 15.9 Å². The Hall–Kier alpha value is -4.76. The van der Waals surface area contributed by atoms with Crippen molar-refractivity contribution in [2.75, 3.05) is 0 Å². The lowest BCUT2D eigenvalue weighted by Gasteiger charge is -2.29. The molecule has 0 bridgehead atoms. The number of aromatic nitrogens is 1. The molecule has 4 aliphatic rings. The summed E-state index contributed by atoms with van der Waals surface area (Å²) in [6, 6.07) is 31.1. The Labute approximate surface area is 226 Å². The number of rotatable bonds is 1. The van der Waals surface area contributed by atoms with Crippen molar-refractivity contribution >= 4 is 45.0 Å². The molecule has 1 aromatic heterocycles. The van der Waals surface area contributed by atoms with Gasteiger partial charge in [-0.2, -0.15) is 0 Å². The fourth-order valence-electron chi connectivity index (χ4n) is 7.17. The Bertz CT molecular complexity index is 2010. The molecular weight excluding hydrogens is 474 g/mol. The lowest BCUT2D eigenvalue weighted by molar-refractivity contribution is 0.614. The molecular formula is C36H25N3. The average molecular weight is 500 g/mol. The van der Waals surface area contributed by atoms with Gasteiger partial charge in [0, 0.05) is 22.9 Å². The quantitative estimate of drug-likeness (QED) is 0.219. The summed E-state index contributed by atoms with van der Waals surface area (Å²) in [4.78, 5) is 10.1. The topological polar surface area (TPSA) is 29.6 Å². The lowest BCUT2D eigenvalue weighted by atomic mass is 9.84. The minimum Gasteiger partial charge on any atom is -0.294 e. The van der Waals surface area contributed by atoms with Gasteiger partial charge in [-0.25, -0.2) is 4.99 Å². The van der Waals surface area contributed by atoms with Crippen LogP contribution in [0.4, 0.5) is 0 Å². The molecule has 3 heteroatoms. The summed E-state index contributed by atoms with van der Waals surface area (Å²) in [6.45, 7) is 0. The number of allylic oxidation sites excluding steroid dienone is 3. The van der Waals surface area contributed by atoms with Crippen LogP contribution < -0.4 is 0 Å². The van der Waals surface area contributed by atoms with E-state index >= 15 is 0 Å². The predicted molar refractivity (Wildman–Crippen MR) is 162 cm³/mol. The predicted octanol–water partition coefficient (Wildman–Crippen LogP) is 8.08. The second-order valence-corrected chi connectivity index (χ2v) is 10.8. The van der Waals surface area contributed by atoms with E-state index in [2.05, 4.69) is 114 Å². The van der Waals surface area contributed by atoms with Gasteiger partial charge in [0.05, 0.1) is 11.0 Å². The lowest BCUT2D eigenvalue weighted by Crippen LogP contribution is -2.27. The van der Waals surface area contributed by atoms with Crippen LogP contribution in [0.1, 0.15) is 28.7 Å². The highest BCUT2D eigenvalue weighted by Gasteiger charge is 2.32. The van der Waals surface area contributed by atoms with Crippen LogP contribution >= 0.6 is 0 Å². The molecule has 39 heavy (non-hydrogen) atoms. The standard InChI is InChI=1S/C36H25N3/c1-2-9-22(10-3-1)29-21-32(38-36-28(29)16-8-20-37-36)39-30-17-7-15-27-25-13-5-4-12-24(25)26-14-6-11-23-18-19-31(39)35(33(23)26)34(27)30/h1-5,7-10,12-21,28,36H,6,11H2. The molecule has 3 nitrogen and oxygen atoms in total. The zero-order valence-corrected chi connectivity index (χ0v) is 21.4. The van der Waals surface area contributed by atoms with Gasteiger partial charge in [0.15, 0.2) is 6.17 Å². The Morgan fingerprint density at radius 1 is 0.744 bits per heavy atom. The summed E-state index contributed by atoms with van der Waals surface area (Å²) in [5.41, 5.74) is 13.1. The summed E-state index contributed by atoms with van der Waals surface area (Å²) in [5.74, 6) is 1.09. The number of nitrogens with zero attached hydrogens (tertiary/aromatic N) is 3. The van der Waals surface area contributed by atoms with Crippen LogP contribution in [0.15, 0.2) is 119 Å². The van der Waals surface area contributed by atoms with E-state index in [1.165, 1.54) is 66.3 Å². The second kappa shape index (κ2) is 7.87. The van der Waals surface area contributed by atoms with E-state index in [-0.39, 0.29) is 12.1 Å². The van der Waals surface area contributed by atoms with Gasteiger partial charge < -0.3 is 0 Å². The van der Waals surface area contributed by atoms with E-state index in [1.54, 1.807) is 0 Å². The highest BCUT2D eigenvalue weighted by Crippen LogP contribution is 2.49. The van der Waals surface area contributed by atoms with Crippen molar-refractivity contribution in [2.45, 2.75) is 19.0 Å². The molecule has 9 rings (SSSR count). The highest BCUT2D eigenvalue weighted by atomic mass is 15.1. The van der Waals surface area contributed by atoms with Crippen LogP contribution in [-0.2, 0) is 6.42 Å². The van der Waals surface area contributed by atoms with Gasteiger partial charge >= 0.3 is 0 Å². The molecule has 0 saturated heterocycles. The Kier molecular flexibility index (Phi) is 4.28. The molecule has 0 N–H and O–H groups in total. The molecule has 4 aromatic carbocycles. The smallest absolute Gasteiger partial charge is 0.152 e. The zero-order valence-electron chi connectivity index (χ0n) is 21.4. The van der Waals surface area contributed by atoms with Gasteiger partial charge in [0.1, 0.15) is 5.84 Å². The largest absolute Gasteiger partial charge is 0.294 e. The van der Waals surface area contributed by atoms with Crippen LogP contribution in [0, 0.1) is 5.92 Å². The van der Waals surface area contributed by atoms with Crippen LogP contribution in [0.3, 0.4) is 0 Å². The van der Waals surface area contributed by atoms with Gasteiger partial charge in [-0.3, -0.25) is 9.56 Å². The number of hydrogen-bond acceptors (Lipinski definition) is 2. The van der Waals surface area contributed by atoms with Crippen LogP contribution in [0.5, 0.6) is 0 Å². The van der Waals surface area contributed by atoms with Crippen molar-refractivity contribution in [1.82, 2.24) is 4.57 Å². The fraction of sp³-hybridized carbons (Fsp3) is 0.111. The highest BCUT2D eigenvalue weighted by molar-refractivity contribution is 6.26. The maximum atomic E-state index is 5.28. The zero-order chi connectivity index (χ0) is 25.5. The maximum absolute atomic E-state index is 5.28. The summed E-state index contributed by atoms with van der Waals surface area (Å²) in [7, 11) is 0. The molecule has 0 radical (unpaired) electrons. The minimum atomic E-state index is -0.164. The van der Waals surface area contributed by atoms with E-state index in [4.69, 9.17) is 9.98 Å². The normalized spacial score (nSPS) is 20.4. The van der Waals surface area contributed by atoms with E-state index < -0.39 is 0 Å². The van der Waals surface area contributed by atoms with E-state index in [9.17, 15) is 0 Å². The maximum Gasteiger partial charge on any atom is 0.152 e. The molecule has 2 aliphatic carbocycles. The van der Waals surface area contributed by atoms with Crippen LogP contribution in [0.2, 0.25) is 0 Å². The third-order valence-electron chi connectivity index (χ3n) is 8.79. The number of hydrogen-bond donors (Lipinski definition) is 0. The first-order valence-electron chi connectivity index (χ1n) is 13.8. The number of dihydropyridines is 2. The molecule has 0 amide bonds. The monoisotopic (exact) mass is 499 g/mol. The van der Waals surface area contributed by atoms with Gasteiger partial charge in [-0.1, -0.05) is 84.9 Å². The van der Waals surface area contributed by atoms with Gasteiger partial charge in [-0.15, -0.1) is 0 Å². The van der Waals surface area contributed by atoms with Crippen LogP contribution in [-0.4, -0.2) is 22.8 Å². The van der Waals surface area contributed by atoms with Gasteiger partial charge in [0.2, 0.25) is 0 Å². The molecule has 0 fully saturated rings. The molecule has 2 unspecified atom stereocenters. The van der Waals surface area contributed by atoms with Crippen molar-refractivity contribution in [3.05, 3.63) is 131 Å². The van der Waals surface area contributed by atoms with Gasteiger partial charge in [0.25, 0.3) is 0 Å². The van der Waals surface area contributed by atoms with Crippen molar-refractivity contribution in [3.8, 4) is 11.1 Å². The summed E-state index contributed by atoms with van der Waals surface area (Å²) >= 11 is 0. The fourth-order valence-corrected chi connectivity index (χ4v) is 7.17. The number of benzene rings is 4. The average Bonchev–Trinajstić information content (AvgIpc) is 3.29. The second-order valence-electron chi connectivity index (χ2n) is 10.8.